The Morgan fingerprint density at radius 2 is 1.80 bits per heavy atom. The van der Waals surface area contributed by atoms with Crippen molar-refractivity contribution in [2.75, 3.05) is 32.7 Å². The van der Waals surface area contributed by atoms with Crippen molar-refractivity contribution >= 4 is 17.9 Å². The Balaban J connectivity index is 1.18. The Bertz CT molecular complexity index is 1170. The summed E-state index contributed by atoms with van der Waals surface area (Å²) in [5.74, 6) is -0.794. The number of aliphatic carboxylic acids is 1. The summed E-state index contributed by atoms with van der Waals surface area (Å²) in [5, 5.41) is 20.4. The zero-order chi connectivity index (χ0) is 28.0. The highest BCUT2D eigenvalue weighted by molar-refractivity contribution is 6.01. The first-order chi connectivity index (χ1) is 19.4. The minimum Gasteiger partial charge on any atom is -0.480 e. The van der Waals surface area contributed by atoms with E-state index in [4.69, 9.17) is 14.3 Å². The van der Waals surface area contributed by atoms with E-state index in [0.29, 0.717) is 26.1 Å². The molecule has 1 N–H and O–H groups in total. The van der Waals surface area contributed by atoms with E-state index in [9.17, 15) is 9.90 Å². The highest BCUT2D eigenvalue weighted by Gasteiger charge is 2.40. The van der Waals surface area contributed by atoms with Gasteiger partial charge in [0.2, 0.25) is 0 Å². The molecule has 9 heteroatoms. The Kier molecular flexibility index (Phi) is 9.14. The van der Waals surface area contributed by atoms with Crippen molar-refractivity contribution in [3.05, 3.63) is 71.3 Å². The molecule has 0 aromatic heterocycles. The van der Waals surface area contributed by atoms with Crippen LogP contribution >= 0.6 is 0 Å². The van der Waals surface area contributed by atoms with Gasteiger partial charge in [-0.25, -0.2) is 0 Å². The molecule has 2 aromatic carbocycles. The lowest BCUT2D eigenvalue weighted by molar-refractivity contribution is -0.143. The number of nitrogens with zero attached hydrogens (tertiary/aromatic N) is 4. The van der Waals surface area contributed by atoms with Crippen molar-refractivity contribution in [2.45, 2.75) is 70.1 Å². The Morgan fingerprint density at radius 1 is 1.10 bits per heavy atom. The van der Waals surface area contributed by atoms with Crippen LogP contribution in [-0.4, -0.2) is 89.5 Å². The fourth-order valence-corrected chi connectivity index (χ4v) is 5.81. The van der Waals surface area contributed by atoms with Crippen molar-refractivity contribution in [1.82, 2.24) is 9.91 Å². The number of ether oxygens (including phenoxy) is 2. The van der Waals surface area contributed by atoms with Gasteiger partial charge in [0.25, 0.3) is 0 Å². The highest BCUT2D eigenvalue weighted by Crippen LogP contribution is 2.35. The minimum atomic E-state index is -0.794. The van der Waals surface area contributed by atoms with E-state index in [0.717, 1.165) is 54.8 Å². The predicted octanol–water partition coefficient (Wildman–Crippen LogP) is 4.15. The molecule has 5 rings (SSSR count). The van der Waals surface area contributed by atoms with E-state index < -0.39 is 5.97 Å². The Morgan fingerprint density at radius 3 is 2.48 bits per heavy atom. The lowest BCUT2D eigenvalue weighted by Gasteiger charge is -2.42. The van der Waals surface area contributed by atoms with Crippen molar-refractivity contribution in [1.29, 1.82) is 0 Å². The zero-order valence-electron chi connectivity index (χ0n) is 23.4. The largest absolute Gasteiger partial charge is 0.480 e. The number of carboxylic acids is 1. The summed E-state index contributed by atoms with van der Waals surface area (Å²) in [4.78, 5) is 19.1. The van der Waals surface area contributed by atoms with E-state index in [1.54, 1.807) is 0 Å². The molecule has 0 amide bonds. The van der Waals surface area contributed by atoms with Gasteiger partial charge in [-0.3, -0.25) is 14.7 Å². The summed E-state index contributed by atoms with van der Waals surface area (Å²) in [5.41, 5.74) is 3.76. The van der Waals surface area contributed by atoms with Crippen LogP contribution in [0.3, 0.4) is 0 Å². The fraction of sp³-hybridized carbons (Fsp3) is 0.516. The van der Waals surface area contributed by atoms with Crippen LogP contribution in [0.25, 0.3) is 0 Å². The van der Waals surface area contributed by atoms with Gasteiger partial charge in [-0.1, -0.05) is 59.8 Å². The summed E-state index contributed by atoms with van der Waals surface area (Å²) < 4.78 is 12.4. The molecule has 0 bridgehead atoms. The van der Waals surface area contributed by atoms with Gasteiger partial charge in [0, 0.05) is 25.9 Å². The first-order valence-corrected chi connectivity index (χ1v) is 14.3. The maximum absolute atomic E-state index is 11.2. The maximum atomic E-state index is 11.2. The molecule has 0 saturated carbocycles. The highest BCUT2D eigenvalue weighted by atomic mass is 16.6. The van der Waals surface area contributed by atoms with E-state index in [2.05, 4.69) is 65.5 Å². The number of carboxylic acid groups (broad SMARTS) is 1. The second-order valence-electron chi connectivity index (χ2n) is 11.3. The third-order valence-corrected chi connectivity index (χ3v) is 7.86. The molecule has 2 aromatic rings. The molecule has 0 aliphatic carbocycles. The number of likely N-dealkylation sites (tertiary alicyclic amines) is 1. The molecular weight excluding hydrogens is 508 g/mol. The van der Waals surface area contributed by atoms with Gasteiger partial charge in [-0.2, -0.15) is 5.10 Å². The molecule has 2 fully saturated rings. The molecule has 3 atom stereocenters. The number of oxime groups is 1. The quantitative estimate of drug-likeness (QED) is 0.446. The van der Waals surface area contributed by atoms with Crippen LogP contribution in [0.1, 0.15) is 56.2 Å². The zero-order valence-corrected chi connectivity index (χ0v) is 23.4. The lowest BCUT2D eigenvalue weighted by atomic mass is 9.84. The van der Waals surface area contributed by atoms with Crippen LogP contribution in [0.4, 0.5) is 0 Å². The molecular formula is C31H40N4O5. The van der Waals surface area contributed by atoms with Crippen LogP contribution in [0.15, 0.2) is 64.9 Å². The smallest absolute Gasteiger partial charge is 0.317 e. The predicted molar refractivity (Wildman–Crippen MR) is 154 cm³/mol. The second kappa shape index (κ2) is 12.9. The lowest BCUT2D eigenvalue weighted by Crippen LogP contribution is -2.49. The van der Waals surface area contributed by atoms with Gasteiger partial charge in [0.05, 0.1) is 56.0 Å². The number of hydrogen-bond donors (Lipinski definition) is 1. The van der Waals surface area contributed by atoms with Crippen molar-refractivity contribution < 1.29 is 24.2 Å². The monoisotopic (exact) mass is 548 g/mol. The van der Waals surface area contributed by atoms with Crippen LogP contribution in [0.2, 0.25) is 0 Å². The number of rotatable bonds is 10. The summed E-state index contributed by atoms with van der Waals surface area (Å²) in [6.07, 6.45) is 5.13. The van der Waals surface area contributed by atoms with Crippen molar-refractivity contribution in [3.63, 3.8) is 0 Å². The van der Waals surface area contributed by atoms with E-state index in [1.807, 2.05) is 29.3 Å². The van der Waals surface area contributed by atoms with Crippen LogP contribution < -0.4 is 0 Å². The van der Waals surface area contributed by atoms with Gasteiger partial charge < -0.3 is 19.4 Å². The number of carbonyl (C=O) groups is 1. The standard InChI is InChI=1S/C31H40N4O5/c1-23-19-35(20-24(2)39-23)32-18-25-8-10-27(11-9-25)29-16-28(40-33-29)17-31(38-22-26-6-4-3-5-7-26)12-14-34(15-13-31)21-30(36)37/h3-11,18,23-24,28H,12-17,19-22H2,1-2H3,(H,36,37). The molecule has 3 aliphatic rings. The molecule has 9 nitrogen and oxygen atoms in total. The Labute approximate surface area is 236 Å². The fourth-order valence-electron chi connectivity index (χ4n) is 5.81. The maximum Gasteiger partial charge on any atom is 0.317 e. The van der Waals surface area contributed by atoms with Gasteiger partial charge in [0.15, 0.2) is 0 Å². The van der Waals surface area contributed by atoms with Crippen LogP contribution in [0.5, 0.6) is 0 Å². The van der Waals surface area contributed by atoms with Gasteiger partial charge in [-0.05, 0) is 43.4 Å². The topological polar surface area (TPSA) is 96.2 Å². The molecule has 3 aliphatic heterocycles. The summed E-state index contributed by atoms with van der Waals surface area (Å²) in [7, 11) is 0. The minimum absolute atomic E-state index is 0.0628. The number of hydrogen-bond acceptors (Lipinski definition) is 8. The third-order valence-electron chi connectivity index (χ3n) is 7.86. The van der Waals surface area contributed by atoms with E-state index in [1.165, 1.54) is 0 Å². The SMILES string of the molecule is CC1CN(N=Cc2ccc(C3=NOC(CC4(OCc5ccccc5)CCN(CC(=O)O)CC4)C3)cc2)CC(C)O1. The second-order valence-corrected chi connectivity index (χ2v) is 11.3. The molecule has 0 spiro atoms. The summed E-state index contributed by atoms with van der Waals surface area (Å²) >= 11 is 0. The van der Waals surface area contributed by atoms with Gasteiger partial charge >= 0.3 is 5.97 Å². The molecule has 3 heterocycles. The number of hydrazone groups is 1. The molecule has 2 saturated heterocycles. The average Bonchev–Trinajstić information content (AvgIpc) is 3.40. The van der Waals surface area contributed by atoms with Crippen molar-refractivity contribution in [3.8, 4) is 0 Å². The molecule has 214 valence electrons. The van der Waals surface area contributed by atoms with Crippen LogP contribution in [0, 0.1) is 0 Å². The molecule has 40 heavy (non-hydrogen) atoms. The first-order valence-electron chi connectivity index (χ1n) is 14.3. The summed E-state index contributed by atoms with van der Waals surface area (Å²) in [6, 6.07) is 18.4. The third kappa shape index (κ3) is 7.68. The van der Waals surface area contributed by atoms with Crippen molar-refractivity contribution in [2.24, 2.45) is 10.3 Å². The number of benzene rings is 2. The van der Waals surface area contributed by atoms with Gasteiger partial charge in [0.1, 0.15) is 6.10 Å². The first kappa shape index (κ1) is 28.3. The Hall–Kier alpha value is -3.27. The number of piperidine rings is 1. The normalized spacial score (nSPS) is 25.1. The van der Waals surface area contributed by atoms with Crippen LogP contribution in [-0.2, 0) is 25.7 Å². The summed E-state index contributed by atoms with van der Waals surface area (Å²) in [6.45, 7) is 7.69. The average molecular weight is 549 g/mol. The van der Waals surface area contributed by atoms with E-state index >= 15 is 0 Å². The van der Waals surface area contributed by atoms with Gasteiger partial charge in [-0.15, -0.1) is 0 Å². The molecule has 0 radical (unpaired) electrons. The molecule has 3 unspecified atom stereocenters. The van der Waals surface area contributed by atoms with E-state index in [-0.39, 0.29) is 30.5 Å². The number of morpholine rings is 1.